The van der Waals surface area contributed by atoms with Crippen molar-refractivity contribution in [1.82, 2.24) is 9.97 Å². The molecule has 6 nitrogen and oxygen atoms in total. The van der Waals surface area contributed by atoms with E-state index in [0.717, 1.165) is 27.2 Å². The Labute approximate surface area is 144 Å². The molecule has 0 amide bonds. The van der Waals surface area contributed by atoms with Crippen LogP contribution in [-0.4, -0.2) is 49.5 Å². The number of aliphatic hydroxyl groups is 1. The van der Waals surface area contributed by atoms with Gasteiger partial charge in [0.05, 0.1) is 26.2 Å². The van der Waals surface area contributed by atoms with E-state index in [1.807, 2.05) is 30.1 Å². The number of fused-ring (bicyclic) bond motifs is 1. The second-order valence-corrected chi connectivity index (χ2v) is 6.10. The normalized spacial score (nSPS) is 10.8. The molecule has 0 aliphatic heterocycles. The Morgan fingerprint density at radius 1 is 1.17 bits per heavy atom. The summed E-state index contributed by atoms with van der Waals surface area (Å²) < 4.78 is 10.7. The highest BCUT2D eigenvalue weighted by atomic mass is 32.1. The number of benzene rings is 1. The molecule has 0 atom stereocenters. The topological polar surface area (TPSA) is 67.7 Å². The van der Waals surface area contributed by atoms with Crippen LogP contribution in [0.4, 0.5) is 5.82 Å². The van der Waals surface area contributed by atoms with Crippen LogP contribution >= 0.6 is 11.3 Å². The molecule has 7 heteroatoms. The summed E-state index contributed by atoms with van der Waals surface area (Å²) in [4.78, 5) is 11.6. The van der Waals surface area contributed by atoms with Crippen LogP contribution in [0, 0.1) is 0 Å². The average molecular weight is 345 g/mol. The lowest BCUT2D eigenvalue weighted by Crippen LogP contribution is -2.22. The van der Waals surface area contributed by atoms with Crippen molar-refractivity contribution in [2.24, 2.45) is 0 Å². The molecule has 2 heterocycles. The van der Waals surface area contributed by atoms with Gasteiger partial charge in [-0.2, -0.15) is 0 Å². The van der Waals surface area contributed by atoms with Gasteiger partial charge in [-0.25, -0.2) is 9.97 Å². The van der Waals surface area contributed by atoms with Crippen molar-refractivity contribution in [2.45, 2.75) is 0 Å². The molecule has 0 saturated heterocycles. The van der Waals surface area contributed by atoms with E-state index in [-0.39, 0.29) is 6.61 Å². The third-order valence-corrected chi connectivity index (χ3v) is 4.73. The van der Waals surface area contributed by atoms with E-state index < -0.39 is 0 Å². The summed E-state index contributed by atoms with van der Waals surface area (Å²) >= 11 is 1.57. The summed E-state index contributed by atoms with van der Waals surface area (Å²) in [6.07, 6.45) is 1.56. The first-order valence-corrected chi connectivity index (χ1v) is 8.34. The van der Waals surface area contributed by atoms with E-state index in [2.05, 4.69) is 15.3 Å². The molecular weight excluding hydrogens is 326 g/mol. The molecule has 0 fully saturated rings. The lowest BCUT2D eigenvalue weighted by molar-refractivity contribution is 0.304. The maximum absolute atomic E-state index is 9.22. The van der Waals surface area contributed by atoms with Gasteiger partial charge in [-0.05, 0) is 17.7 Å². The van der Waals surface area contributed by atoms with Crippen molar-refractivity contribution >= 4 is 27.4 Å². The zero-order valence-electron chi connectivity index (χ0n) is 13.8. The summed E-state index contributed by atoms with van der Waals surface area (Å²) in [6.45, 7) is 0.575. The summed E-state index contributed by atoms with van der Waals surface area (Å²) in [5, 5.41) is 12.3. The molecule has 1 aromatic carbocycles. The number of hydrogen-bond donors (Lipinski definition) is 1. The SMILES string of the molecule is COc1ccc(-c2csc3ncnc(N(C)CCO)c23)cc1OC. The van der Waals surface area contributed by atoms with Crippen molar-refractivity contribution in [3.8, 4) is 22.6 Å². The Morgan fingerprint density at radius 3 is 2.67 bits per heavy atom. The summed E-state index contributed by atoms with van der Waals surface area (Å²) in [7, 11) is 5.15. The molecule has 0 unspecified atom stereocenters. The Morgan fingerprint density at radius 2 is 1.96 bits per heavy atom. The molecule has 2 aromatic heterocycles. The maximum atomic E-state index is 9.22. The van der Waals surface area contributed by atoms with Crippen molar-refractivity contribution in [3.63, 3.8) is 0 Å². The number of hydrogen-bond acceptors (Lipinski definition) is 7. The molecule has 0 aliphatic carbocycles. The second-order valence-electron chi connectivity index (χ2n) is 5.24. The molecule has 0 radical (unpaired) electrons. The van der Waals surface area contributed by atoms with E-state index >= 15 is 0 Å². The highest BCUT2D eigenvalue weighted by Crippen LogP contribution is 2.40. The highest BCUT2D eigenvalue weighted by molar-refractivity contribution is 7.17. The average Bonchev–Trinajstić information content (AvgIpc) is 3.05. The molecule has 126 valence electrons. The number of ether oxygens (including phenoxy) is 2. The monoisotopic (exact) mass is 345 g/mol. The number of aliphatic hydroxyl groups excluding tert-OH is 1. The van der Waals surface area contributed by atoms with Gasteiger partial charge in [0.2, 0.25) is 0 Å². The molecule has 0 aliphatic rings. The first-order chi connectivity index (χ1) is 11.7. The predicted octanol–water partition coefficient (Wildman–Crippen LogP) is 2.80. The van der Waals surface area contributed by atoms with Crippen molar-refractivity contribution in [2.75, 3.05) is 39.3 Å². The molecular formula is C17H19N3O3S. The predicted molar refractivity (Wildman–Crippen MR) is 96.3 cm³/mol. The number of anilines is 1. The number of aromatic nitrogens is 2. The van der Waals surface area contributed by atoms with Crippen LogP contribution in [0.25, 0.3) is 21.3 Å². The van der Waals surface area contributed by atoms with Gasteiger partial charge in [-0.3, -0.25) is 0 Å². The molecule has 1 N–H and O–H groups in total. The maximum Gasteiger partial charge on any atom is 0.161 e. The first-order valence-electron chi connectivity index (χ1n) is 7.46. The lowest BCUT2D eigenvalue weighted by atomic mass is 10.1. The molecule has 24 heavy (non-hydrogen) atoms. The Bertz CT molecular complexity index is 850. The lowest BCUT2D eigenvalue weighted by Gasteiger charge is -2.18. The molecule has 0 spiro atoms. The fourth-order valence-electron chi connectivity index (χ4n) is 2.62. The number of rotatable bonds is 6. The summed E-state index contributed by atoms with van der Waals surface area (Å²) in [5.41, 5.74) is 2.05. The van der Waals surface area contributed by atoms with E-state index in [1.54, 1.807) is 31.9 Å². The largest absolute Gasteiger partial charge is 0.493 e. The van der Waals surface area contributed by atoms with Gasteiger partial charge >= 0.3 is 0 Å². The third kappa shape index (κ3) is 2.88. The van der Waals surface area contributed by atoms with Crippen molar-refractivity contribution < 1.29 is 14.6 Å². The van der Waals surface area contributed by atoms with Gasteiger partial charge in [-0.15, -0.1) is 11.3 Å². The number of methoxy groups -OCH3 is 2. The smallest absolute Gasteiger partial charge is 0.161 e. The van der Waals surface area contributed by atoms with Crippen LogP contribution < -0.4 is 14.4 Å². The minimum Gasteiger partial charge on any atom is -0.493 e. The van der Waals surface area contributed by atoms with Gasteiger partial charge in [-0.1, -0.05) is 6.07 Å². The van der Waals surface area contributed by atoms with Gasteiger partial charge < -0.3 is 19.5 Å². The van der Waals surface area contributed by atoms with E-state index in [1.165, 1.54) is 0 Å². The first kappa shape index (κ1) is 16.5. The summed E-state index contributed by atoms with van der Waals surface area (Å²) in [6, 6.07) is 5.83. The van der Waals surface area contributed by atoms with Crippen LogP contribution in [0.1, 0.15) is 0 Å². The Balaban J connectivity index is 2.17. The second kappa shape index (κ2) is 7.02. The van der Waals surface area contributed by atoms with Gasteiger partial charge in [0, 0.05) is 24.5 Å². The van der Waals surface area contributed by atoms with Gasteiger partial charge in [0.1, 0.15) is 17.0 Å². The van der Waals surface area contributed by atoms with Crippen LogP contribution in [0.15, 0.2) is 29.9 Å². The summed E-state index contributed by atoms with van der Waals surface area (Å²) in [5.74, 6) is 2.17. The zero-order chi connectivity index (χ0) is 17.1. The highest BCUT2D eigenvalue weighted by Gasteiger charge is 2.17. The Hall–Kier alpha value is -2.38. The number of nitrogens with zero attached hydrogens (tertiary/aromatic N) is 3. The van der Waals surface area contributed by atoms with Crippen LogP contribution in [0.5, 0.6) is 11.5 Å². The number of likely N-dealkylation sites (N-methyl/N-ethyl adjacent to an activating group) is 1. The fraction of sp³-hybridized carbons (Fsp3) is 0.294. The van der Waals surface area contributed by atoms with E-state index in [0.29, 0.717) is 18.0 Å². The van der Waals surface area contributed by atoms with Crippen molar-refractivity contribution in [3.05, 3.63) is 29.9 Å². The zero-order valence-corrected chi connectivity index (χ0v) is 14.6. The fourth-order valence-corrected chi connectivity index (χ4v) is 3.53. The quantitative estimate of drug-likeness (QED) is 0.741. The standard InChI is InChI=1S/C17H19N3O3S/c1-20(6-7-21)16-15-12(9-24-17(15)19-10-18-16)11-4-5-13(22-2)14(8-11)23-3/h4-5,8-10,21H,6-7H2,1-3H3. The molecule has 0 bridgehead atoms. The molecule has 0 saturated carbocycles. The molecule has 3 rings (SSSR count). The van der Waals surface area contributed by atoms with Crippen molar-refractivity contribution in [1.29, 1.82) is 0 Å². The van der Waals surface area contributed by atoms with E-state index in [9.17, 15) is 5.11 Å². The van der Waals surface area contributed by atoms with Gasteiger partial charge in [0.15, 0.2) is 11.5 Å². The van der Waals surface area contributed by atoms with Crippen LogP contribution in [0.3, 0.4) is 0 Å². The van der Waals surface area contributed by atoms with Crippen LogP contribution in [0.2, 0.25) is 0 Å². The Kier molecular flexibility index (Phi) is 4.82. The number of thiophene rings is 1. The van der Waals surface area contributed by atoms with Gasteiger partial charge in [0.25, 0.3) is 0 Å². The van der Waals surface area contributed by atoms with Crippen LogP contribution in [-0.2, 0) is 0 Å². The third-order valence-electron chi connectivity index (χ3n) is 3.84. The minimum atomic E-state index is 0.0673. The minimum absolute atomic E-state index is 0.0673. The van der Waals surface area contributed by atoms with E-state index in [4.69, 9.17) is 9.47 Å². The molecule has 3 aromatic rings.